The van der Waals surface area contributed by atoms with E-state index in [2.05, 4.69) is 21.7 Å². The molecular formula is C20H25N3O3S2. The Kier molecular flexibility index (Phi) is 6.85. The largest absolute Gasteiger partial charge is 0.355 e. The maximum Gasteiger partial charge on any atom is 0.226 e. The van der Waals surface area contributed by atoms with Gasteiger partial charge in [-0.1, -0.05) is 11.6 Å². The molecule has 1 heterocycles. The van der Waals surface area contributed by atoms with Crippen LogP contribution in [0.2, 0.25) is 0 Å². The zero-order valence-electron chi connectivity index (χ0n) is 15.9. The molecule has 1 aliphatic carbocycles. The highest BCUT2D eigenvalue weighted by molar-refractivity contribution is 7.90. The maximum atomic E-state index is 12.1. The molecule has 0 saturated carbocycles. The molecule has 1 amide bonds. The highest BCUT2D eigenvalue weighted by atomic mass is 32.2. The van der Waals surface area contributed by atoms with Gasteiger partial charge in [0.15, 0.2) is 15.0 Å². The summed E-state index contributed by atoms with van der Waals surface area (Å²) in [5.74, 6) is -0.0224. The van der Waals surface area contributed by atoms with Crippen LogP contribution < -0.4 is 10.6 Å². The van der Waals surface area contributed by atoms with Gasteiger partial charge >= 0.3 is 0 Å². The van der Waals surface area contributed by atoms with E-state index in [4.69, 9.17) is 0 Å². The second kappa shape index (κ2) is 9.34. The van der Waals surface area contributed by atoms with Crippen molar-refractivity contribution in [2.45, 2.75) is 43.4 Å². The SMILES string of the molecule is CS(=O)(=O)c1ccc(Nc2nc(CC(=O)NCCC3=CCCCC3)cs2)cc1. The van der Waals surface area contributed by atoms with E-state index in [1.807, 2.05) is 5.38 Å². The van der Waals surface area contributed by atoms with Crippen molar-refractivity contribution >= 4 is 37.9 Å². The average Bonchev–Trinajstić information content (AvgIpc) is 3.09. The molecule has 1 aromatic heterocycles. The molecule has 0 radical (unpaired) electrons. The van der Waals surface area contributed by atoms with Crippen LogP contribution in [0.4, 0.5) is 10.8 Å². The minimum absolute atomic E-state index is 0.0224. The van der Waals surface area contributed by atoms with E-state index in [9.17, 15) is 13.2 Å². The summed E-state index contributed by atoms with van der Waals surface area (Å²) in [5, 5.41) is 8.63. The standard InChI is InChI=1S/C20H25N3O3S2/c1-28(25,26)18-9-7-16(8-10-18)22-20-23-17(14-27-20)13-19(24)21-12-11-15-5-3-2-4-6-15/h5,7-10,14H,2-4,6,11-13H2,1H3,(H,21,24)(H,22,23). The fourth-order valence-electron chi connectivity index (χ4n) is 3.08. The molecule has 0 fully saturated rings. The molecule has 0 saturated heterocycles. The van der Waals surface area contributed by atoms with Crippen LogP contribution in [0.15, 0.2) is 46.2 Å². The van der Waals surface area contributed by atoms with Crippen molar-refractivity contribution in [2.75, 3.05) is 18.1 Å². The number of nitrogens with zero attached hydrogens (tertiary/aromatic N) is 1. The number of thiazole rings is 1. The van der Waals surface area contributed by atoms with Crippen molar-refractivity contribution in [3.05, 3.63) is 47.0 Å². The minimum atomic E-state index is -3.21. The number of allylic oxidation sites excluding steroid dienone is 1. The minimum Gasteiger partial charge on any atom is -0.355 e. The van der Waals surface area contributed by atoms with Crippen molar-refractivity contribution in [1.82, 2.24) is 10.3 Å². The number of benzene rings is 1. The molecule has 3 rings (SSSR count). The number of nitrogens with one attached hydrogen (secondary N) is 2. The summed E-state index contributed by atoms with van der Waals surface area (Å²) in [7, 11) is -3.21. The van der Waals surface area contributed by atoms with Crippen molar-refractivity contribution in [1.29, 1.82) is 0 Å². The number of carbonyl (C=O) groups is 1. The van der Waals surface area contributed by atoms with Crippen LogP contribution in [0.1, 0.15) is 37.8 Å². The third-order valence-electron chi connectivity index (χ3n) is 4.58. The Morgan fingerprint density at radius 3 is 2.68 bits per heavy atom. The topological polar surface area (TPSA) is 88.2 Å². The van der Waals surface area contributed by atoms with Gasteiger partial charge in [-0.2, -0.15) is 0 Å². The second-order valence-corrected chi connectivity index (χ2v) is 9.82. The monoisotopic (exact) mass is 419 g/mol. The summed E-state index contributed by atoms with van der Waals surface area (Å²) in [6.07, 6.45) is 9.51. The zero-order valence-corrected chi connectivity index (χ0v) is 17.5. The summed E-state index contributed by atoms with van der Waals surface area (Å²) in [5.41, 5.74) is 2.92. The van der Waals surface area contributed by atoms with Crippen LogP contribution >= 0.6 is 11.3 Å². The molecule has 6 nitrogen and oxygen atoms in total. The lowest BCUT2D eigenvalue weighted by Gasteiger charge is -2.12. The normalized spacial score (nSPS) is 14.4. The molecule has 0 aliphatic heterocycles. The first kappa shape index (κ1) is 20.5. The van der Waals surface area contributed by atoms with Gasteiger partial charge in [-0.3, -0.25) is 4.79 Å². The number of anilines is 2. The van der Waals surface area contributed by atoms with E-state index in [0.29, 0.717) is 11.7 Å². The first-order chi connectivity index (χ1) is 13.4. The summed E-state index contributed by atoms with van der Waals surface area (Å²) in [6.45, 7) is 0.673. The van der Waals surface area contributed by atoms with Crippen LogP contribution in [-0.2, 0) is 21.1 Å². The molecule has 2 aromatic rings. The van der Waals surface area contributed by atoms with Crippen LogP contribution in [-0.4, -0.2) is 32.1 Å². The molecule has 0 spiro atoms. The lowest BCUT2D eigenvalue weighted by atomic mass is 9.97. The molecule has 8 heteroatoms. The predicted molar refractivity (Wildman–Crippen MR) is 113 cm³/mol. The zero-order chi connectivity index (χ0) is 20.0. The van der Waals surface area contributed by atoms with Crippen LogP contribution in [0.3, 0.4) is 0 Å². The Morgan fingerprint density at radius 1 is 1.21 bits per heavy atom. The van der Waals surface area contributed by atoms with Gasteiger partial charge in [-0.15, -0.1) is 11.3 Å². The fourth-order valence-corrected chi connectivity index (χ4v) is 4.44. The molecule has 0 atom stereocenters. The quantitative estimate of drug-likeness (QED) is 0.635. The van der Waals surface area contributed by atoms with Gasteiger partial charge in [-0.05, 0) is 56.4 Å². The number of hydrogen-bond donors (Lipinski definition) is 2. The lowest BCUT2D eigenvalue weighted by molar-refractivity contribution is -0.120. The van der Waals surface area contributed by atoms with Crippen molar-refractivity contribution in [2.24, 2.45) is 0 Å². The van der Waals surface area contributed by atoms with Gasteiger partial charge in [-0.25, -0.2) is 13.4 Å². The number of aromatic nitrogens is 1. The van der Waals surface area contributed by atoms with Gasteiger partial charge in [0.25, 0.3) is 0 Å². The highest BCUT2D eigenvalue weighted by Crippen LogP contribution is 2.23. The van der Waals surface area contributed by atoms with Gasteiger partial charge in [0.05, 0.1) is 17.0 Å². The van der Waals surface area contributed by atoms with E-state index in [1.165, 1.54) is 36.0 Å². The molecule has 1 aromatic carbocycles. The summed E-state index contributed by atoms with van der Waals surface area (Å²) in [4.78, 5) is 16.8. The maximum absolute atomic E-state index is 12.1. The third kappa shape index (κ3) is 6.17. The number of hydrogen-bond acceptors (Lipinski definition) is 6. The van der Waals surface area contributed by atoms with Crippen LogP contribution in [0.25, 0.3) is 0 Å². The number of amides is 1. The van der Waals surface area contributed by atoms with Gasteiger partial charge in [0.1, 0.15) is 0 Å². The Hall–Kier alpha value is -2.19. The summed E-state index contributed by atoms with van der Waals surface area (Å²) >= 11 is 1.41. The molecular weight excluding hydrogens is 394 g/mol. The predicted octanol–water partition coefficient (Wildman–Crippen LogP) is 3.84. The molecule has 28 heavy (non-hydrogen) atoms. The van der Waals surface area contributed by atoms with E-state index in [-0.39, 0.29) is 17.2 Å². The molecule has 0 bridgehead atoms. The summed E-state index contributed by atoms with van der Waals surface area (Å²) in [6, 6.07) is 6.51. The average molecular weight is 420 g/mol. The van der Waals surface area contributed by atoms with E-state index in [0.717, 1.165) is 30.6 Å². The van der Waals surface area contributed by atoms with Gasteiger partial charge in [0, 0.05) is 23.9 Å². The molecule has 2 N–H and O–H groups in total. The lowest BCUT2D eigenvalue weighted by Crippen LogP contribution is -2.26. The van der Waals surface area contributed by atoms with E-state index < -0.39 is 9.84 Å². The number of sulfone groups is 1. The summed E-state index contributed by atoms with van der Waals surface area (Å²) < 4.78 is 23.0. The Labute approximate surface area is 170 Å². The Morgan fingerprint density at radius 2 is 2.00 bits per heavy atom. The van der Waals surface area contributed by atoms with Crippen LogP contribution in [0.5, 0.6) is 0 Å². The van der Waals surface area contributed by atoms with Gasteiger partial charge < -0.3 is 10.6 Å². The fraction of sp³-hybridized carbons (Fsp3) is 0.400. The Bertz CT molecular complexity index is 947. The third-order valence-corrected chi connectivity index (χ3v) is 6.52. The molecule has 0 unspecified atom stereocenters. The van der Waals surface area contributed by atoms with Gasteiger partial charge in [0.2, 0.25) is 5.91 Å². The molecule has 150 valence electrons. The van der Waals surface area contributed by atoms with Crippen molar-refractivity contribution in [3.8, 4) is 0 Å². The smallest absolute Gasteiger partial charge is 0.226 e. The van der Waals surface area contributed by atoms with Crippen molar-refractivity contribution in [3.63, 3.8) is 0 Å². The second-order valence-electron chi connectivity index (χ2n) is 6.95. The first-order valence-corrected chi connectivity index (χ1v) is 12.1. The number of carbonyl (C=O) groups excluding carboxylic acids is 1. The number of rotatable bonds is 8. The first-order valence-electron chi connectivity index (χ1n) is 9.36. The van der Waals surface area contributed by atoms with Crippen molar-refractivity contribution < 1.29 is 13.2 Å². The van der Waals surface area contributed by atoms with E-state index >= 15 is 0 Å². The Balaban J connectivity index is 1.47. The highest BCUT2D eigenvalue weighted by Gasteiger charge is 2.10. The van der Waals surface area contributed by atoms with Crippen LogP contribution in [0, 0.1) is 0 Å². The molecule has 1 aliphatic rings. The van der Waals surface area contributed by atoms with E-state index in [1.54, 1.807) is 24.3 Å².